The van der Waals surface area contributed by atoms with E-state index in [9.17, 15) is 4.79 Å². The first-order valence-electron chi connectivity index (χ1n) is 13.6. The van der Waals surface area contributed by atoms with Crippen LogP contribution in [-0.2, 0) is 6.54 Å². The number of para-hydroxylation sites is 2. The molecular weight excluding hydrogens is 502 g/mol. The van der Waals surface area contributed by atoms with Crippen LogP contribution >= 0.6 is 0 Å². The number of anilines is 1. The molecule has 1 saturated heterocycles. The van der Waals surface area contributed by atoms with Crippen LogP contribution in [0.25, 0.3) is 10.9 Å². The van der Waals surface area contributed by atoms with Crippen molar-refractivity contribution in [1.29, 1.82) is 0 Å². The first kappa shape index (κ1) is 25.8. The Bertz CT molecular complexity index is 1690. The molecule has 0 aliphatic carbocycles. The third-order valence-corrected chi connectivity index (χ3v) is 7.87. The van der Waals surface area contributed by atoms with E-state index in [4.69, 9.17) is 4.74 Å². The maximum Gasteiger partial charge on any atom is 0.253 e. The minimum Gasteiger partial charge on any atom is -0.495 e. The van der Waals surface area contributed by atoms with Gasteiger partial charge in [-0.05, 0) is 76.7 Å². The Hall–Kier alpha value is -4.50. The fourth-order valence-electron chi connectivity index (χ4n) is 5.58. The van der Waals surface area contributed by atoms with E-state index in [2.05, 4.69) is 68.4 Å². The molecule has 0 amide bonds. The minimum absolute atomic E-state index is 0.123. The van der Waals surface area contributed by atoms with Gasteiger partial charge in [0.15, 0.2) is 5.82 Å². The highest BCUT2D eigenvalue weighted by Crippen LogP contribution is 2.32. The number of aromatic amines is 1. The predicted octanol–water partition coefficient (Wildman–Crippen LogP) is 4.10. The van der Waals surface area contributed by atoms with Gasteiger partial charge in [0.1, 0.15) is 11.8 Å². The van der Waals surface area contributed by atoms with Crippen LogP contribution in [-0.4, -0.2) is 63.4 Å². The van der Waals surface area contributed by atoms with Crippen LogP contribution in [0, 0.1) is 13.8 Å². The molecule has 0 unspecified atom stereocenters. The number of rotatable bonds is 7. The maximum atomic E-state index is 13.7. The van der Waals surface area contributed by atoms with Gasteiger partial charge in [-0.25, -0.2) is 4.68 Å². The third kappa shape index (κ3) is 4.96. The Morgan fingerprint density at radius 1 is 0.925 bits per heavy atom. The van der Waals surface area contributed by atoms with E-state index in [1.165, 1.54) is 5.56 Å². The van der Waals surface area contributed by atoms with Crippen molar-refractivity contribution in [3.63, 3.8) is 0 Å². The zero-order chi connectivity index (χ0) is 27.6. The van der Waals surface area contributed by atoms with Gasteiger partial charge in [-0.3, -0.25) is 9.69 Å². The smallest absolute Gasteiger partial charge is 0.253 e. The Kier molecular flexibility index (Phi) is 7.04. The van der Waals surface area contributed by atoms with Crippen LogP contribution in [0.3, 0.4) is 0 Å². The number of piperazine rings is 1. The number of fused-ring (bicyclic) bond motifs is 1. The van der Waals surface area contributed by atoms with Crippen molar-refractivity contribution >= 4 is 16.6 Å². The SMILES string of the molecule is COc1ccccc1N1CCN([C@@H](c2cc3cc(C)c(C)cc3[nH]c2=O)c2nnnn2Cc2ccccc2)CC1. The standard InChI is InChI=1S/C31H33N7O2/c1-21-17-24-19-25(31(39)32-26(24)18-22(21)2)29(30-33-34-35-38(30)20-23-9-5-4-6-10-23)37-15-13-36(14-16-37)27-11-7-8-12-28(27)40-3/h4-12,17-19,29H,13-16,20H2,1-3H3,(H,32,39)/t29-/m0/s1. The summed E-state index contributed by atoms with van der Waals surface area (Å²) in [7, 11) is 1.70. The van der Waals surface area contributed by atoms with Gasteiger partial charge in [0.05, 0.1) is 19.3 Å². The summed E-state index contributed by atoms with van der Waals surface area (Å²) in [5, 5.41) is 13.9. The van der Waals surface area contributed by atoms with E-state index in [0.717, 1.165) is 59.6 Å². The molecule has 0 saturated carbocycles. The molecule has 40 heavy (non-hydrogen) atoms. The summed E-state index contributed by atoms with van der Waals surface area (Å²) < 4.78 is 7.43. The summed E-state index contributed by atoms with van der Waals surface area (Å²) in [5.41, 5.74) is 5.85. The fraction of sp³-hybridized carbons (Fsp3) is 0.290. The van der Waals surface area contributed by atoms with E-state index in [1.54, 1.807) is 7.11 Å². The van der Waals surface area contributed by atoms with Gasteiger partial charge in [0.25, 0.3) is 5.56 Å². The summed E-state index contributed by atoms with van der Waals surface area (Å²) >= 11 is 0. The molecule has 9 nitrogen and oxygen atoms in total. The molecule has 0 spiro atoms. The molecule has 1 aliphatic heterocycles. The van der Waals surface area contributed by atoms with Crippen molar-refractivity contribution < 1.29 is 4.74 Å². The number of methoxy groups -OCH3 is 1. The second-order valence-electron chi connectivity index (χ2n) is 10.4. The summed E-state index contributed by atoms with van der Waals surface area (Å²) in [4.78, 5) is 21.4. The van der Waals surface area contributed by atoms with E-state index >= 15 is 0 Å². The summed E-state index contributed by atoms with van der Waals surface area (Å²) in [5.74, 6) is 1.51. The quantitative estimate of drug-likeness (QED) is 0.336. The molecule has 5 aromatic rings. The number of hydrogen-bond donors (Lipinski definition) is 1. The molecule has 2 aromatic heterocycles. The molecule has 1 fully saturated rings. The lowest BCUT2D eigenvalue weighted by atomic mass is 10.00. The van der Waals surface area contributed by atoms with Gasteiger partial charge in [-0.2, -0.15) is 0 Å². The third-order valence-electron chi connectivity index (χ3n) is 7.87. The fourth-order valence-corrected chi connectivity index (χ4v) is 5.58. The normalized spacial score (nSPS) is 14.9. The molecule has 1 atom stereocenters. The Morgan fingerprint density at radius 3 is 2.42 bits per heavy atom. The molecule has 9 heteroatoms. The van der Waals surface area contributed by atoms with Crippen molar-refractivity contribution in [3.05, 3.63) is 111 Å². The number of nitrogens with one attached hydrogen (secondary N) is 1. The lowest BCUT2D eigenvalue weighted by molar-refractivity contribution is 0.200. The second-order valence-corrected chi connectivity index (χ2v) is 10.4. The topological polar surface area (TPSA) is 92.2 Å². The zero-order valence-electron chi connectivity index (χ0n) is 23.0. The van der Waals surface area contributed by atoms with Gasteiger partial charge < -0.3 is 14.6 Å². The molecule has 0 bridgehead atoms. The minimum atomic E-state index is -0.409. The Balaban J connectivity index is 1.40. The molecular formula is C31H33N7O2. The van der Waals surface area contributed by atoms with E-state index in [1.807, 2.05) is 53.2 Å². The average Bonchev–Trinajstić information content (AvgIpc) is 3.43. The molecule has 1 aliphatic rings. The highest BCUT2D eigenvalue weighted by atomic mass is 16.5. The predicted molar refractivity (Wildman–Crippen MR) is 156 cm³/mol. The monoisotopic (exact) mass is 535 g/mol. The second kappa shape index (κ2) is 10.9. The Labute approximate surface area is 233 Å². The highest BCUT2D eigenvalue weighted by molar-refractivity contribution is 5.81. The van der Waals surface area contributed by atoms with Crippen molar-refractivity contribution in [2.45, 2.75) is 26.4 Å². The molecule has 0 radical (unpaired) electrons. The summed E-state index contributed by atoms with van der Waals surface area (Å²) in [6.45, 7) is 7.68. The van der Waals surface area contributed by atoms with Crippen LogP contribution in [0.15, 0.2) is 77.6 Å². The lowest BCUT2D eigenvalue weighted by Gasteiger charge is -2.40. The van der Waals surface area contributed by atoms with Gasteiger partial charge in [0, 0.05) is 37.3 Å². The number of aryl methyl sites for hydroxylation is 2. The Morgan fingerprint density at radius 2 is 1.65 bits per heavy atom. The molecule has 204 valence electrons. The van der Waals surface area contributed by atoms with Crippen molar-refractivity contribution in [2.24, 2.45) is 0 Å². The van der Waals surface area contributed by atoms with E-state index in [0.29, 0.717) is 17.9 Å². The van der Waals surface area contributed by atoms with Crippen molar-refractivity contribution in [3.8, 4) is 5.75 Å². The van der Waals surface area contributed by atoms with Crippen LogP contribution in [0.4, 0.5) is 5.69 Å². The molecule has 3 heterocycles. The first-order valence-corrected chi connectivity index (χ1v) is 13.6. The highest BCUT2D eigenvalue weighted by Gasteiger charge is 2.33. The summed E-state index contributed by atoms with van der Waals surface area (Å²) in [6.07, 6.45) is 0. The number of benzene rings is 3. The number of aromatic nitrogens is 5. The first-order chi connectivity index (χ1) is 19.5. The number of H-pyrrole nitrogens is 1. The van der Waals surface area contributed by atoms with Gasteiger partial charge >= 0.3 is 0 Å². The number of pyridine rings is 1. The van der Waals surface area contributed by atoms with Crippen molar-refractivity contribution in [2.75, 3.05) is 38.2 Å². The largest absolute Gasteiger partial charge is 0.495 e. The van der Waals surface area contributed by atoms with E-state index < -0.39 is 6.04 Å². The number of hydrogen-bond acceptors (Lipinski definition) is 7. The van der Waals surface area contributed by atoms with Crippen LogP contribution in [0.1, 0.15) is 34.1 Å². The van der Waals surface area contributed by atoms with Crippen LogP contribution in [0.5, 0.6) is 5.75 Å². The number of ether oxygens (including phenoxy) is 1. The number of nitrogens with zero attached hydrogens (tertiary/aromatic N) is 6. The average molecular weight is 536 g/mol. The number of tetrazole rings is 1. The van der Waals surface area contributed by atoms with Crippen LogP contribution in [0.2, 0.25) is 0 Å². The summed E-state index contributed by atoms with van der Waals surface area (Å²) in [6, 6.07) is 24.0. The van der Waals surface area contributed by atoms with E-state index in [-0.39, 0.29) is 5.56 Å². The zero-order valence-corrected chi connectivity index (χ0v) is 23.0. The maximum absolute atomic E-state index is 13.7. The van der Waals surface area contributed by atoms with Gasteiger partial charge in [-0.15, -0.1) is 5.10 Å². The van der Waals surface area contributed by atoms with Crippen molar-refractivity contribution in [1.82, 2.24) is 30.1 Å². The molecule has 6 rings (SSSR count). The van der Waals surface area contributed by atoms with Gasteiger partial charge in [-0.1, -0.05) is 42.5 Å². The molecule has 1 N–H and O–H groups in total. The van der Waals surface area contributed by atoms with Crippen LogP contribution < -0.4 is 15.2 Å². The van der Waals surface area contributed by atoms with Gasteiger partial charge in [0.2, 0.25) is 0 Å². The molecule has 3 aromatic carbocycles. The lowest BCUT2D eigenvalue weighted by Crippen LogP contribution is -2.49.